The molecule has 2 N–H and O–H groups in total. The number of fused-ring (bicyclic) bond motifs is 1. The van der Waals surface area contributed by atoms with Crippen LogP contribution in [0.4, 0.5) is 8.78 Å². The van der Waals surface area contributed by atoms with Crippen LogP contribution < -0.4 is 5.73 Å². The zero-order valence-electron chi connectivity index (χ0n) is 13.3. The number of ether oxygens (including phenoxy) is 1. The van der Waals surface area contributed by atoms with Gasteiger partial charge in [0.1, 0.15) is 17.2 Å². The van der Waals surface area contributed by atoms with Gasteiger partial charge in [-0.15, -0.1) is 0 Å². The summed E-state index contributed by atoms with van der Waals surface area (Å²) in [4.78, 5) is 18.6. The third-order valence-corrected chi connectivity index (χ3v) is 5.39. The van der Waals surface area contributed by atoms with E-state index in [1.54, 1.807) is 7.05 Å². The second-order valence-electron chi connectivity index (χ2n) is 6.89. The highest BCUT2D eigenvalue weighted by Crippen LogP contribution is 2.49. The van der Waals surface area contributed by atoms with Gasteiger partial charge < -0.3 is 10.5 Å². The molecule has 4 rings (SSSR count). The molecular formula is C17H19F2N3O2. The molecule has 2 fully saturated rings. The van der Waals surface area contributed by atoms with E-state index in [-0.39, 0.29) is 30.1 Å². The highest BCUT2D eigenvalue weighted by Gasteiger charge is 2.56. The molecule has 1 aromatic rings. The summed E-state index contributed by atoms with van der Waals surface area (Å²) in [6.07, 6.45) is 2.63. The van der Waals surface area contributed by atoms with E-state index in [1.807, 2.05) is 0 Å². The molecule has 128 valence electrons. The van der Waals surface area contributed by atoms with Crippen molar-refractivity contribution < 1.29 is 18.3 Å². The van der Waals surface area contributed by atoms with Gasteiger partial charge in [0.05, 0.1) is 18.6 Å². The van der Waals surface area contributed by atoms with Crippen LogP contribution in [0, 0.1) is 23.5 Å². The summed E-state index contributed by atoms with van der Waals surface area (Å²) in [7, 11) is 1.56. The molecule has 7 heteroatoms. The topological polar surface area (TPSA) is 67.9 Å². The molecule has 24 heavy (non-hydrogen) atoms. The number of carbonyl (C=O) groups is 1. The number of benzene rings is 1. The van der Waals surface area contributed by atoms with Crippen molar-refractivity contribution in [3.8, 4) is 0 Å². The fraction of sp³-hybridized carbons (Fsp3) is 0.529. The lowest BCUT2D eigenvalue weighted by Crippen LogP contribution is -2.60. The van der Waals surface area contributed by atoms with Gasteiger partial charge >= 0.3 is 0 Å². The van der Waals surface area contributed by atoms with E-state index >= 15 is 0 Å². The molecule has 2 heterocycles. The summed E-state index contributed by atoms with van der Waals surface area (Å²) in [5, 5.41) is 0. The lowest BCUT2D eigenvalue weighted by molar-refractivity contribution is -0.146. The summed E-state index contributed by atoms with van der Waals surface area (Å²) in [6.45, 7) is 0.0711. The van der Waals surface area contributed by atoms with Crippen molar-refractivity contribution in [1.29, 1.82) is 0 Å². The highest BCUT2D eigenvalue weighted by molar-refractivity contribution is 6.00. The Balaban J connectivity index is 1.83. The summed E-state index contributed by atoms with van der Waals surface area (Å²) >= 11 is 0. The van der Waals surface area contributed by atoms with E-state index in [0.717, 1.165) is 18.9 Å². The molecule has 0 bridgehead atoms. The molecule has 0 aromatic heterocycles. The third kappa shape index (κ3) is 2.22. The Labute approximate surface area is 138 Å². The number of amides is 1. The van der Waals surface area contributed by atoms with Gasteiger partial charge in [-0.3, -0.25) is 9.69 Å². The average molecular weight is 335 g/mol. The van der Waals surface area contributed by atoms with E-state index in [9.17, 15) is 13.6 Å². The van der Waals surface area contributed by atoms with Crippen molar-refractivity contribution in [2.75, 3.05) is 13.7 Å². The zero-order chi connectivity index (χ0) is 17.1. The fourth-order valence-corrected chi connectivity index (χ4v) is 3.83. The first-order valence-electron chi connectivity index (χ1n) is 8.12. The smallest absolute Gasteiger partial charge is 0.235 e. The Bertz CT molecular complexity index is 735. The number of guanidine groups is 1. The number of hydrogen-bond donors (Lipinski definition) is 1. The molecule has 1 amide bonds. The molecule has 5 nitrogen and oxygen atoms in total. The Kier molecular flexibility index (Phi) is 3.38. The minimum Gasteiger partial charge on any atom is -0.375 e. The van der Waals surface area contributed by atoms with E-state index in [2.05, 4.69) is 4.99 Å². The number of nitrogens with two attached hydrogens (primary N) is 1. The van der Waals surface area contributed by atoms with E-state index in [1.165, 1.54) is 17.0 Å². The monoisotopic (exact) mass is 335 g/mol. The summed E-state index contributed by atoms with van der Waals surface area (Å²) in [5.74, 6) is -1.68. The first kappa shape index (κ1) is 15.5. The molecule has 1 aromatic carbocycles. The number of carbonyl (C=O) groups excluding carboxylic acids is 1. The van der Waals surface area contributed by atoms with E-state index in [0.29, 0.717) is 12.3 Å². The molecule has 1 saturated heterocycles. The maximum atomic E-state index is 14.5. The molecule has 1 saturated carbocycles. The van der Waals surface area contributed by atoms with Crippen LogP contribution in [0.5, 0.6) is 0 Å². The molecule has 3 atom stereocenters. The molecule has 0 spiro atoms. The number of aliphatic imine (C=N–C) groups is 1. The van der Waals surface area contributed by atoms with Gasteiger partial charge in [0.2, 0.25) is 5.91 Å². The van der Waals surface area contributed by atoms with Crippen LogP contribution in [-0.2, 0) is 15.1 Å². The predicted molar refractivity (Wildman–Crippen MR) is 83.0 cm³/mol. The second-order valence-corrected chi connectivity index (χ2v) is 6.89. The second kappa shape index (κ2) is 5.24. The third-order valence-electron chi connectivity index (χ3n) is 5.39. The van der Waals surface area contributed by atoms with Crippen LogP contribution in [0.2, 0.25) is 0 Å². The average Bonchev–Trinajstić information content (AvgIpc) is 3.37. The maximum absolute atomic E-state index is 14.5. The Morgan fingerprint density at radius 2 is 2.12 bits per heavy atom. The quantitative estimate of drug-likeness (QED) is 0.895. The van der Waals surface area contributed by atoms with E-state index < -0.39 is 23.1 Å². The summed E-state index contributed by atoms with van der Waals surface area (Å²) < 4.78 is 33.8. The van der Waals surface area contributed by atoms with Crippen LogP contribution in [0.3, 0.4) is 0 Å². The van der Waals surface area contributed by atoms with Crippen molar-refractivity contribution in [3.05, 3.63) is 35.4 Å². The van der Waals surface area contributed by atoms with Crippen molar-refractivity contribution >= 4 is 11.9 Å². The summed E-state index contributed by atoms with van der Waals surface area (Å²) in [5.41, 5.74) is 4.82. The van der Waals surface area contributed by atoms with Crippen LogP contribution in [0.15, 0.2) is 23.2 Å². The van der Waals surface area contributed by atoms with Gasteiger partial charge in [0.15, 0.2) is 5.96 Å². The molecule has 0 radical (unpaired) electrons. The van der Waals surface area contributed by atoms with Crippen LogP contribution in [-0.4, -0.2) is 36.5 Å². The largest absolute Gasteiger partial charge is 0.375 e. The lowest BCUT2D eigenvalue weighted by atomic mass is 9.72. The minimum atomic E-state index is -1.23. The van der Waals surface area contributed by atoms with Gasteiger partial charge in [-0.05, 0) is 31.2 Å². The predicted octanol–water partition coefficient (Wildman–Crippen LogP) is 1.76. The zero-order valence-corrected chi connectivity index (χ0v) is 13.3. The van der Waals surface area contributed by atoms with Gasteiger partial charge in [0.25, 0.3) is 0 Å². The molecular weight excluding hydrogens is 316 g/mol. The Morgan fingerprint density at radius 1 is 1.38 bits per heavy atom. The first-order chi connectivity index (χ1) is 11.4. The lowest BCUT2D eigenvalue weighted by Gasteiger charge is -2.47. The van der Waals surface area contributed by atoms with Crippen molar-refractivity contribution in [1.82, 2.24) is 4.90 Å². The number of rotatable bonds is 2. The normalized spacial score (nSPS) is 33.2. The van der Waals surface area contributed by atoms with Crippen molar-refractivity contribution in [2.24, 2.45) is 22.6 Å². The van der Waals surface area contributed by atoms with Crippen molar-refractivity contribution in [2.45, 2.75) is 30.9 Å². The van der Waals surface area contributed by atoms with Crippen molar-refractivity contribution in [3.63, 3.8) is 0 Å². The number of halogens is 2. The first-order valence-corrected chi connectivity index (χ1v) is 8.12. The Hall–Kier alpha value is -2.02. The molecule has 1 aliphatic carbocycles. The molecule has 3 aliphatic rings. The van der Waals surface area contributed by atoms with Crippen LogP contribution >= 0.6 is 0 Å². The van der Waals surface area contributed by atoms with Crippen LogP contribution in [0.1, 0.15) is 24.8 Å². The molecule has 2 aliphatic heterocycles. The maximum Gasteiger partial charge on any atom is 0.235 e. The van der Waals surface area contributed by atoms with Gasteiger partial charge in [-0.25, -0.2) is 13.8 Å². The summed E-state index contributed by atoms with van der Waals surface area (Å²) in [6, 6.07) is 3.32. The van der Waals surface area contributed by atoms with Crippen LogP contribution in [0.25, 0.3) is 0 Å². The van der Waals surface area contributed by atoms with Gasteiger partial charge in [0, 0.05) is 18.7 Å². The standard InChI is InChI=1S/C17H19F2N3O2/c1-22-15(23)12-7-14(9-2-3-9)24-8-17(12,21-16(22)20)11-5-4-10(18)6-13(11)19/h4-6,9,12,14H,2-3,7-8H2,1H3,(H2,20,21)/t12-,14+,17+/m0/s1. The van der Waals surface area contributed by atoms with E-state index in [4.69, 9.17) is 10.5 Å². The number of hydrogen-bond acceptors (Lipinski definition) is 4. The number of nitrogens with zero attached hydrogens (tertiary/aromatic N) is 2. The van der Waals surface area contributed by atoms with Gasteiger partial charge in [-0.2, -0.15) is 0 Å². The Morgan fingerprint density at radius 3 is 2.79 bits per heavy atom. The minimum absolute atomic E-state index is 0.0153. The fourth-order valence-electron chi connectivity index (χ4n) is 3.83. The SMILES string of the molecule is CN1C(=O)[C@@H]2C[C@H](C3CC3)OC[C@]2(c2ccc(F)cc2F)N=C1N. The highest BCUT2D eigenvalue weighted by atomic mass is 19.1. The molecule has 0 unspecified atom stereocenters. The van der Waals surface area contributed by atoms with Gasteiger partial charge in [-0.1, -0.05) is 6.07 Å².